The topological polar surface area (TPSA) is 92.8 Å². The number of pyridine rings is 1. The van der Waals surface area contributed by atoms with Crippen LogP contribution in [0.1, 0.15) is 26.4 Å². The summed E-state index contributed by atoms with van der Waals surface area (Å²) < 4.78 is 10.6. The zero-order valence-electron chi connectivity index (χ0n) is 16.5. The molecule has 0 spiro atoms. The molecule has 2 N–H and O–H groups in total. The normalized spacial score (nSPS) is 14.2. The molecule has 8 nitrogen and oxygen atoms in total. The molecule has 1 fully saturated rings. The molecule has 8 heteroatoms. The number of ether oxygens (including phenoxy) is 2. The number of morpholine rings is 1. The van der Waals surface area contributed by atoms with E-state index in [9.17, 15) is 9.59 Å². The van der Waals surface area contributed by atoms with Gasteiger partial charge >= 0.3 is 0 Å². The van der Waals surface area contributed by atoms with E-state index < -0.39 is 0 Å². The molecule has 0 atom stereocenters. The number of para-hydroxylation sites is 1. The van der Waals surface area contributed by atoms with E-state index in [0.29, 0.717) is 24.4 Å². The first kappa shape index (κ1) is 20.8. The number of nitrogens with zero attached hydrogens (tertiary/aromatic N) is 2. The van der Waals surface area contributed by atoms with E-state index in [0.717, 1.165) is 38.4 Å². The fraction of sp³-hybridized carbons (Fsp3) is 0.381. The van der Waals surface area contributed by atoms with Crippen LogP contribution in [0.5, 0.6) is 5.75 Å². The third-order valence-electron chi connectivity index (χ3n) is 4.70. The van der Waals surface area contributed by atoms with Crippen molar-refractivity contribution >= 4 is 11.8 Å². The maximum Gasteiger partial charge on any atom is 0.270 e. The van der Waals surface area contributed by atoms with Gasteiger partial charge in [0, 0.05) is 50.0 Å². The summed E-state index contributed by atoms with van der Waals surface area (Å²) in [5.74, 6) is 0.132. The molecule has 0 saturated carbocycles. The molecule has 3 rings (SSSR count). The highest BCUT2D eigenvalue weighted by atomic mass is 16.5. The summed E-state index contributed by atoms with van der Waals surface area (Å²) in [6.07, 6.45) is 1.47. The molecule has 2 amide bonds. The van der Waals surface area contributed by atoms with Crippen LogP contribution < -0.4 is 15.4 Å². The Kier molecular flexibility index (Phi) is 7.54. The Balaban J connectivity index is 1.52. The summed E-state index contributed by atoms with van der Waals surface area (Å²) in [5.41, 5.74) is 1.46. The molecule has 1 aliphatic rings. The molecule has 0 aliphatic carbocycles. The van der Waals surface area contributed by atoms with Gasteiger partial charge in [-0.1, -0.05) is 18.2 Å². The van der Waals surface area contributed by atoms with Gasteiger partial charge in [0.2, 0.25) is 0 Å². The zero-order chi connectivity index (χ0) is 20.5. The van der Waals surface area contributed by atoms with Crippen molar-refractivity contribution in [3.8, 4) is 5.75 Å². The summed E-state index contributed by atoms with van der Waals surface area (Å²) in [7, 11) is 1.59. The predicted octanol–water partition coefficient (Wildman–Crippen LogP) is 1.08. The average Bonchev–Trinajstić information content (AvgIpc) is 2.78. The largest absolute Gasteiger partial charge is 0.496 e. The number of carbonyl (C=O) groups is 2. The minimum atomic E-state index is -0.348. The second kappa shape index (κ2) is 10.5. The van der Waals surface area contributed by atoms with Crippen LogP contribution in [0.15, 0.2) is 42.6 Å². The Morgan fingerprint density at radius 1 is 1.14 bits per heavy atom. The standard InChI is InChI=1S/C21H26N4O4/c1-28-19-5-3-2-4-17(19)15-24-21(27)18-14-16(6-7-22-18)20(26)23-8-9-25-10-12-29-13-11-25/h2-7,14H,8-13,15H2,1H3,(H,23,26)(H,24,27). The van der Waals surface area contributed by atoms with E-state index >= 15 is 0 Å². The third-order valence-corrected chi connectivity index (χ3v) is 4.70. The Hall–Kier alpha value is -2.97. The first-order valence-corrected chi connectivity index (χ1v) is 9.62. The van der Waals surface area contributed by atoms with Crippen molar-refractivity contribution in [2.24, 2.45) is 0 Å². The molecule has 29 heavy (non-hydrogen) atoms. The van der Waals surface area contributed by atoms with Gasteiger partial charge in [-0.15, -0.1) is 0 Å². The molecule has 0 unspecified atom stereocenters. The van der Waals surface area contributed by atoms with Gasteiger partial charge in [0.25, 0.3) is 11.8 Å². The van der Waals surface area contributed by atoms with Crippen molar-refractivity contribution in [3.05, 3.63) is 59.4 Å². The highest BCUT2D eigenvalue weighted by molar-refractivity contribution is 5.98. The lowest BCUT2D eigenvalue weighted by atomic mass is 10.2. The van der Waals surface area contributed by atoms with E-state index in [-0.39, 0.29) is 17.5 Å². The first-order chi connectivity index (χ1) is 14.2. The molecule has 1 aromatic heterocycles. The van der Waals surface area contributed by atoms with Crippen LogP contribution in [0.2, 0.25) is 0 Å². The molecule has 2 aromatic rings. The van der Waals surface area contributed by atoms with Crippen LogP contribution in [0.4, 0.5) is 0 Å². The monoisotopic (exact) mass is 398 g/mol. The highest BCUT2D eigenvalue weighted by Crippen LogP contribution is 2.16. The molecular weight excluding hydrogens is 372 g/mol. The van der Waals surface area contributed by atoms with Crippen molar-refractivity contribution in [3.63, 3.8) is 0 Å². The maximum absolute atomic E-state index is 12.4. The minimum absolute atomic E-state index is 0.195. The van der Waals surface area contributed by atoms with Gasteiger partial charge in [-0.05, 0) is 18.2 Å². The summed E-state index contributed by atoms with van der Waals surface area (Å²) in [5, 5.41) is 5.70. The van der Waals surface area contributed by atoms with Crippen molar-refractivity contribution in [1.82, 2.24) is 20.5 Å². The van der Waals surface area contributed by atoms with Crippen LogP contribution >= 0.6 is 0 Å². The zero-order valence-corrected chi connectivity index (χ0v) is 16.5. The second-order valence-corrected chi connectivity index (χ2v) is 6.63. The molecule has 1 aliphatic heterocycles. The molecule has 2 heterocycles. The van der Waals surface area contributed by atoms with Gasteiger partial charge in [-0.25, -0.2) is 0 Å². The van der Waals surface area contributed by atoms with Crippen molar-refractivity contribution in [2.45, 2.75) is 6.54 Å². The van der Waals surface area contributed by atoms with E-state index in [4.69, 9.17) is 9.47 Å². The number of methoxy groups -OCH3 is 1. The van der Waals surface area contributed by atoms with Gasteiger partial charge < -0.3 is 20.1 Å². The number of hydrogen-bond donors (Lipinski definition) is 2. The fourth-order valence-corrected chi connectivity index (χ4v) is 3.07. The van der Waals surface area contributed by atoms with Gasteiger partial charge in [-0.3, -0.25) is 19.5 Å². The van der Waals surface area contributed by atoms with Crippen LogP contribution in [0.25, 0.3) is 0 Å². The number of amides is 2. The summed E-state index contributed by atoms with van der Waals surface area (Å²) in [4.78, 5) is 31.2. The highest BCUT2D eigenvalue weighted by Gasteiger charge is 2.14. The number of hydrogen-bond acceptors (Lipinski definition) is 6. The maximum atomic E-state index is 12.4. The van der Waals surface area contributed by atoms with Gasteiger partial charge in [0.1, 0.15) is 11.4 Å². The van der Waals surface area contributed by atoms with Crippen LogP contribution in [0.3, 0.4) is 0 Å². The van der Waals surface area contributed by atoms with Crippen LogP contribution in [-0.4, -0.2) is 68.2 Å². The number of carbonyl (C=O) groups excluding carboxylic acids is 2. The molecule has 1 aromatic carbocycles. The van der Waals surface area contributed by atoms with Gasteiger partial charge in [0.05, 0.1) is 20.3 Å². The Morgan fingerprint density at radius 3 is 2.72 bits per heavy atom. The lowest BCUT2D eigenvalue weighted by Crippen LogP contribution is -2.41. The average molecular weight is 398 g/mol. The Bertz CT molecular complexity index is 837. The Labute approximate surface area is 170 Å². The van der Waals surface area contributed by atoms with Crippen LogP contribution in [0, 0.1) is 0 Å². The second-order valence-electron chi connectivity index (χ2n) is 6.63. The van der Waals surface area contributed by atoms with Gasteiger partial charge in [0.15, 0.2) is 0 Å². The summed E-state index contributed by atoms with van der Waals surface area (Å²) in [6.45, 7) is 4.82. The lowest BCUT2D eigenvalue weighted by Gasteiger charge is -2.26. The van der Waals surface area contributed by atoms with E-state index in [1.165, 1.54) is 12.3 Å². The number of benzene rings is 1. The van der Waals surface area contributed by atoms with Crippen molar-refractivity contribution in [2.75, 3.05) is 46.5 Å². The van der Waals surface area contributed by atoms with E-state index in [2.05, 4.69) is 20.5 Å². The van der Waals surface area contributed by atoms with E-state index in [1.54, 1.807) is 13.2 Å². The smallest absolute Gasteiger partial charge is 0.270 e. The Morgan fingerprint density at radius 2 is 1.93 bits per heavy atom. The predicted molar refractivity (Wildman–Crippen MR) is 108 cm³/mol. The van der Waals surface area contributed by atoms with Crippen molar-refractivity contribution < 1.29 is 19.1 Å². The quantitative estimate of drug-likeness (QED) is 0.691. The molecule has 154 valence electrons. The molecular formula is C21H26N4O4. The van der Waals surface area contributed by atoms with Crippen LogP contribution in [-0.2, 0) is 11.3 Å². The summed E-state index contributed by atoms with van der Waals surface area (Å²) >= 11 is 0. The SMILES string of the molecule is COc1ccccc1CNC(=O)c1cc(C(=O)NCCN2CCOCC2)ccn1. The molecule has 0 radical (unpaired) electrons. The number of aromatic nitrogens is 1. The minimum Gasteiger partial charge on any atom is -0.496 e. The number of rotatable bonds is 8. The molecule has 0 bridgehead atoms. The van der Waals surface area contributed by atoms with Gasteiger partial charge in [-0.2, -0.15) is 0 Å². The van der Waals surface area contributed by atoms with Crippen molar-refractivity contribution in [1.29, 1.82) is 0 Å². The van der Waals surface area contributed by atoms with E-state index in [1.807, 2.05) is 24.3 Å². The fourth-order valence-electron chi connectivity index (χ4n) is 3.07. The summed E-state index contributed by atoms with van der Waals surface area (Å²) in [6, 6.07) is 10.6. The third kappa shape index (κ3) is 6.00. The first-order valence-electron chi connectivity index (χ1n) is 9.62. The number of nitrogens with one attached hydrogen (secondary N) is 2. The lowest BCUT2D eigenvalue weighted by molar-refractivity contribution is 0.0383. The molecule has 1 saturated heterocycles.